The fourth-order valence-corrected chi connectivity index (χ4v) is 3.50. The van der Waals surface area contributed by atoms with Crippen LogP contribution in [-0.2, 0) is 4.79 Å². The van der Waals surface area contributed by atoms with E-state index in [1.54, 1.807) is 12.3 Å². The van der Waals surface area contributed by atoms with Crippen LogP contribution in [0.25, 0.3) is 5.69 Å². The molecule has 0 atom stereocenters. The van der Waals surface area contributed by atoms with Gasteiger partial charge in [0.15, 0.2) is 5.16 Å². The minimum atomic E-state index is -0.371. The van der Waals surface area contributed by atoms with Gasteiger partial charge in [0, 0.05) is 23.8 Å². The minimum Gasteiger partial charge on any atom is -0.325 e. The summed E-state index contributed by atoms with van der Waals surface area (Å²) in [6.07, 6.45) is 3.60. The minimum absolute atomic E-state index is 0.192. The van der Waals surface area contributed by atoms with Gasteiger partial charge in [-0.05, 0) is 61.7 Å². The van der Waals surface area contributed by atoms with Crippen molar-refractivity contribution in [3.05, 3.63) is 71.3 Å². The van der Waals surface area contributed by atoms with Gasteiger partial charge in [0.05, 0.1) is 5.75 Å². The Balaban J connectivity index is 1.70. The molecule has 1 aromatic heterocycles. The largest absolute Gasteiger partial charge is 0.325 e. The number of carbonyl (C=O) groups is 1. The lowest BCUT2D eigenvalue weighted by Gasteiger charge is -2.11. The van der Waals surface area contributed by atoms with E-state index in [0.29, 0.717) is 5.69 Å². The first-order chi connectivity index (χ1) is 12.4. The SMILES string of the molecule is Cc1cc(C)cc(-n2ccnc2SCC(=O)Nc2cc(F)ccc2C)c1. The first-order valence-electron chi connectivity index (χ1n) is 8.23. The summed E-state index contributed by atoms with van der Waals surface area (Å²) in [5.74, 6) is -0.375. The Morgan fingerprint density at radius 3 is 2.62 bits per heavy atom. The molecule has 0 bridgehead atoms. The normalized spacial score (nSPS) is 10.8. The molecular formula is C20H20FN3OS. The predicted molar refractivity (Wildman–Crippen MR) is 104 cm³/mol. The molecule has 2 aromatic carbocycles. The van der Waals surface area contributed by atoms with E-state index >= 15 is 0 Å². The van der Waals surface area contributed by atoms with Crippen LogP contribution in [0, 0.1) is 26.6 Å². The van der Waals surface area contributed by atoms with Crippen molar-refractivity contribution in [2.75, 3.05) is 11.1 Å². The Hall–Kier alpha value is -2.60. The van der Waals surface area contributed by atoms with E-state index in [-0.39, 0.29) is 17.5 Å². The summed E-state index contributed by atoms with van der Waals surface area (Å²) in [5.41, 5.74) is 4.67. The highest BCUT2D eigenvalue weighted by atomic mass is 32.2. The van der Waals surface area contributed by atoms with Gasteiger partial charge >= 0.3 is 0 Å². The number of anilines is 1. The first kappa shape index (κ1) is 18.2. The summed E-state index contributed by atoms with van der Waals surface area (Å²) in [7, 11) is 0. The highest BCUT2D eigenvalue weighted by Crippen LogP contribution is 2.23. The highest BCUT2D eigenvalue weighted by Gasteiger charge is 2.11. The smallest absolute Gasteiger partial charge is 0.234 e. The van der Waals surface area contributed by atoms with Crippen molar-refractivity contribution in [3.8, 4) is 5.69 Å². The maximum absolute atomic E-state index is 13.3. The summed E-state index contributed by atoms with van der Waals surface area (Å²) in [6.45, 7) is 5.93. The molecule has 1 heterocycles. The second kappa shape index (κ2) is 7.74. The molecule has 4 nitrogen and oxygen atoms in total. The molecule has 3 rings (SSSR count). The number of benzene rings is 2. The van der Waals surface area contributed by atoms with Gasteiger partial charge in [-0.25, -0.2) is 9.37 Å². The van der Waals surface area contributed by atoms with Crippen molar-refractivity contribution < 1.29 is 9.18 Å². The molecule has 3 aromatic rings. The lowest BCUT2D eigenvalue weighted by Crippen LogP contribution is -2.15. The van der Waals surface area contributed by atoms with Crippen LogP contribution in [0.3, 0.4) is 0 Å². The maximum atomic E-state index is 13.3. The molecule has 0 spiro atoms. The molecule has 26 heavy (non-hydrogen) atoms. The van der Waals surface area contributed by atoms with Crippen molar-refractivity contribution in [2.45, 2.75) is 25.9 Å². The average molecular weight is 369 g/mol. The maximum Gasteiger partial charge on any atom is 0.234 e. The molecule has 1 N–H and O–H groups in total. The van der Waals surface area contributed by atoms with Gasteiger partial charge in [-0.15, -0.1) is 0 Å². The average Bonchev–Trinajstić information content (AvgIpc) is 3.04. The van der Waals surface area contributed by atoms with Gasteiger partial charge in [-0.1, -0.05) is 23.9 Å². The van der Waals surface area contributed by atoms with E-state index in [1.165, 1.54) is 35.0 Å². The number of nitrogens with zero attached hydrogens (tertiary/aromatic N) is 2. The number of hydrogen-bond acceptors (Lipinski definition) is 3. The van der Waals surface area contributed by atoms with Crippen molar-refractivity contribution in [1.29, 1.82) is 0 Å². The molecule has 0 saturated carbocycles. The Morgan fingerprint density at radius 2 is 1.88 bits per heavy atom. The third kappa shape index (κ3) is 4.32. The molecule has 0 radical (unpaired) electrons. The molecule has 6 heteroatoms. The Kier molecular flexibility index (Phi) is 5.42. The summed E-state index contributed by atoms with van der Waals surface area (Å²) in [5, 5.41) is 3.49. The van der Waals surface area contributed by atoms with E-state index in [4.69, 9.17) is 0 Å². The van der Waals surface area contributed by atoms with E-state index < -0.39 is 0 Å². The van der Waals surface area contributed by atoms with Crippen LogP contribution in [0.5, 0.6) is 0 Å². The molecule has 134 valence electrons. The molecule has 0 saturated heterocycles. The zero-order chi connectivity index (χ0) is 18.7. The topological polar surface area (TPSA) is 46.9 Å². The van der Waals surface area contributed by atoms with Crippen LogP contribution in [0.15, 0.2) is 53.9 Å². The van der Waals surface area contributed by atoms with Crippen molar-refractivity contribution >= 4 is 23.4 Å². The molecule has 0 aliphatic carbocycles. The van der Waals surface area contributed by atoms with E-state index in [0.717, 1.165) is 16.4 Å². The molecule has 0 fully saturated rings. The standard InChI is InChI=1S/C20H20FN3OS/c1-13-8-14(2)10-17(9-13)24-7-6-22-20(24)26-12-19(25)23-18-11-16(21)5-4-15(18)3/h4-11H,12H2,1-3H3,(H,23,25). The Labute approximate surface area is 156 Å². The van der Waals surface area contributed by atoms with Crippen molar-refractivity contribution in [2.24, 2.45) is 0 Å². The molecule has 0 aliphatic heterocycles. The second-order valence-electron chi connectivity index (χ2n) is 6.22. The number of nitrogens with one attached hydrogen (secondary N) is 1. The summed E-state index contributed by atoms with van der Waals surface area (Å²) in [6, 6.07) is 10.6. The molecular weight excluding hydrogens is 349 g/mol. The zero-order valence-corrected chi connectivity index (χ0v) is 15.7. The number of amides is 1. The summed E-state index contributed by atoms with van der Waals surface area (Å²) in [4.78, 5) is 16.6. The van der Waals surface area contributed by atoms with Crippen LogP contribution in [0.1, 0.15) is 16.7 Å². The van der Waals surface area contributed by atoms with E-state index in [1.807, 2.05) is 17.7 Å². The van der Waals surface area contributed by atoms with Crippen LogP contribution < -0.4 is 5.32 Å². The van der Waals surface area contributed by atoms with E-state index in [2.05, 4.69) is 42.3 Å². The van der Waals surface area contributed by atoms with E-state index in [9.17, 15) is 9.18 Å². The van der Waals surface area contributed by atoms with Crippen LogP contribution in [0.4, 0.5) is 10.1 Å². The second-order valence-corrected chi connectivity index (χ2v) is 7.16. The van der Waals surface area contributed by atoms with Gasteiger partial charge in [0.1, 0.15) is 5.82 Å². The van der Waals surface area contributed by atoms with Crippen LogP contribution in [-0.4, -0.2) is 21.2 Å². The van der Waals surface area contributed by atoms with Crippen LogP contribution >= 0.6 is 11.8 Å². The lowest BCUT2D eigenvalue weighted by atomic mass is 10.1. The van der Waals surface area contributed by atoms with Gasteiger partial charge in [0.2, 0.25) is 5.91 Å². The van der Waals surface area contributed by atoms with Crippen molar-refractivity contribution in [1.82, 2.24) is 9.55 Å². The third-order valence-corrected chi connectivity index (χ3v) is 4.86. The Morgan fingerprint density at radius 1 is 1.15 bits per heavy atom. The zero-order valence-electron chi connectivity index (χ0n) is 14.9. The number of aromatic nitrogens is 2. The number of halogens is 1. The highest BCUT2D eigenvalue weighted by molar-refractivity contribution is 7.99. The Bertz CT molecular complexity index is 932. The number of rotatable bonds is 5. The molecule has 1 amide bonds. The monoisotopic (exact) mass is 369 g/mol. The number of carbonyl (C=O) groups excluding carboxylic acids is 1. The molecule has 0 aliphatic rings. The fourth-order valence-electron chi connectivity index (χ4n) is 2.73. The lowest BCUT2D eigenvalue weighted by molar-refractivity contribution is -0.113. The number of thioether (sulfide) groups is 1. The van der Waals surface area contributed by atoms with Crippen LogP contribution in [0.2, 0.25) is 0 Å². The summed E-state index contributed by atoms with van der Waals surface area (Å²) >= 11 is 1.34. The quantitative estimate of drug-likeness (QED) is 0.665. The first-order valence-corrected chi connectivity index (χ1v) is 9.22. The summed E-state index contributed by atoms with van der Waals surface area (Å²) < 4.78 is 15.3. The van der Waals surface area contributed by atoms with Crippen molar-refractivity contribution in [3.63, 3.8) is 0 Å². The fraction of sp³-hybridized carbons (Fsp3) is 0.200. The van der Waals surface area contributed by atoms with Gasteiger partial charge in [-0.2, -0.15) is 0 Å². The van der Waals surface area contributed by atoms with Gasteiger partial charge in [-0.3, -0.25) is 9.36 Å². The van der Waals surface area contributed by atoms with Gasteiger partial charge < -0.3 is 5.32 Å². The third-order valence-electron chi connectivity index (χ3n) is 3.90. The number of aryl methyl sites for hydroxylation is 3. The predicted octanol–water partition coefficient (Wildman–Crippen LogP) is 4.67. The number of imidazole rings is 1. The molecule has 0 unspecified atom stereocenters. The van der Waals surface area contributed by atoms with Gasteiger partial charge in [0.25, 0.3) is 0 Å². The number of hydrogen-bond donors (Lipinski definition) is 1.